The fourth-order valence-electron chi connectivity index (χ4n) is 4.02. The Hall–Kier alpha value is -3.66. The van der Waals surface area contributed by atoms with E-state index >= 15 is 0 Å². The summed E-state index contributed by atoms with van der Waals surface area (Å²) in [6, 6.07) is 26.7. The largest absolute Gasteiger partial charge is 0.336 e. The van der Waals surface area contributed by atoms with Crippen LogP contribution in [0.5, 0.6) is 0 Å². The molecule has 2 aliphatic heterocycles. The van der Waals surface area contributed by atoms with Crippen LogP contribution in [0.3, 0.4) is 0 Å². The molecule has 5 rings (SSSR count). The Balaban J connectivity index is 1.69. The number of benzene rings is 3. The number of nitrogens with zero attached hydrogens (tertiary/aromatic N) is 2. The van der Waals surface area contributed by atoms with Crippen LogP contribution in [0.25, 0.3) is 5.57 Å². The van der Waals surface area contributed by atoms with Crippen LogP contribution in [0, 0.1) is 0 Å². The van der Waals surface area contributed by atoms with Crippen molar-refractivity contribution < 1.29 is 9.59 Å². The number of imide groups is 1. The predicted octanol–water partition coefficient (Wildman–Crippen LogP) is 4.03. The zero-order chi connectivity index (χ0) is 19.1. The molecule has 0 radical (unpaired) electrons. The molecule has 0 unspecified atom stereocenters. The number of rotatable bonds is 3. The van der Waals surface area contributed by atoms with E-state index in [-0.39, 0.29) is 11.8 Å². The maximum atomic E-state index is 13.5. The van der Waals surface area contributed by atoms with Gasteiger partial charge in [0.05, 0.1) is 11.3 Å². The Bertz CT molecular complexity index is 1100. The van der Waals surface area contributed by atoms with Gasteiger partial charge in [-0.25, -0.2) is 4.90 Å². The van der Waals surface area contributed by atoms with Crippen LogP contribution < -0.4 is 9.80 Å². The van der Waals surface area contributed by atoms with Gasteiger partial charge in [0.1, 0.15) is 5.70 Å². The lowest BCUT2D eigenvalue weighted by Crippen LogP contribution is -2.34. The summed E-state index contributed by atoms with van der Waals surface area (Å²) in [5.74, 6) is -0.548. The summed E-state index contributed by atoms with van der Waals surface area (Å²) in [5.41, 5.74) is 4.48. The monoisotopic (exact) mass is 366 g/mol. The van der Waals surface area contributed by atoms with Crippen LogP contribution in [0.1, 0.15) is 11.1 Å². The van der Waals surface area contributed by atoms with Gasteiger partial charge in [-0.2, -0.15) is 0 Å². The van der Waals surface area contributed by atoms with Gasteiger partial charge in [-0.05, 0) is 35.7 Å². The molecule has 0 atom stereocenters. The van der Waals surface area contributed by atoms with Crippen molar-refractivity contribution in [2.75, 3.05) is 16.3 Å². The number of amides is 2. The SMILES string of the molecule is O=C1C(c2ccccc2)=C(N2CCc3ccccc32)C(=O)N1c1ccccc1. The van der Waals surface area contributed by atoms with Gasteiger partial charge in [0.25, 0.3) is 11.8 Å². The van der Waals surface area contributed by atoms with Gasteiger partial charge in [0, 0.05) is 12.2 Å². The minimum atomic E-state index is -0.276. The van der Waals surface area contributed by atoms with Crippen LogP contribution in [0.15, 0.2) is 90.6 Å². The average molecular weight is 366 g/mol. The number of hydrogen-bond acceptors (Lipinski definition) is 3. The van der Waals surface area contributed by atoms with E-state index in [1.807, 2.05) is 71.6 Å². The topological polar surface area (TPSA) is 40.6 Å². The highest BCUT2D eigenvalue weighted by Crippen LogP contribution is 2.39. The van der Waals surface area contributed by atoms with Gasteiger partial charge in [0.2, 0.25) is 0 Å². The molecule has 3 aromatic carbocycles. The van der Waals surface area contributed by atoms with Gasteiger partial charge >= 0.3 is 0 Å². The third-order valence-corrected chi connectivity index (χ3v) is 5.29. The molecule has 0 fully saturated rings. The third kappa shape index (κ3) is 2.46. The Labute approximate surface area is 163 Å². The Morgan fingerprint density at radius 2 is 1.32 bits per heavy atom. The van der Waals surface area contributed by atoms with E-state index in [4.69, 9.17) is 0 Å². The number of carbonyl (C=O) groups excluding carboxylic acids is 2. The number of carbonyl (C=O) groups is 2. The van der Waals surface area contributed by atoms with E-state index in [2.05, 4.69) is 6.07 Å². The lowest BCUT2D eigenvalue weighted by molar-refractivity contribution is -0.120. The van der Waals surface area contributed by atoms with Gasteiger partial charge < -0.3 is 4.90 Å². The highest BCUT2D eigenvalue weighted by atomic mass is 16.2. The first kappa shape index (κ1) is 16.5. The fraction of sp³-hybridized carbons (Fsp3) is 0.0833. The highest BCUT2D eigenvalue weighted by molar-refractivity contribution is 6.46. The molecule has 2 heterocycles. The molecule has 2 amide bonds. The number of hydrogen-bond donors (Lipinski definition) is 0. The summed E-state index contributed by atoms with van der Waals surface area (Å²) < 4.78 is 0. The van der Waals surface area contributed by atoms with E-state index in [1.54, 1.807) is 12.1 Å². The smallest absolute Gasteiger partial charge is 0.282 e. The van der Waals surface area contributed by atoms with Crippen LogP contribution in [-0.2, 0) is 16.0 Å². The van der Waals surface area contributed by atoms with Gasteiger partial charge in [-0.1, -0.05) is 66.7 Å². The normalized spacial score (nSPS) is 16.1. The van der Waals surface area contributed by atoms with Crippen molar-refractivity contribution in [3.05, 3.63) is 102 Å². The lowest BCUT2D eigenvalue weighted by atomic mass is 10.0. The molecule has 0 aliphatic carbocycles. The molecule has 136 valence electrons. The molecule has 4 heteroatoms. The summed E-state index contributed by atoms with van der Waals surface area (Å²) in [5, 5.41) is 0. The molecule has 2 aliphatic rings. The van der Waals surface area contributed by atoms with E-state index in [1.165, 1.54) is 10.5 Å². The zero-order valence-corrected chi connectivity index (χ0v) is 15.2. The molecule has 0 saturated heterocycles. The molecule has 0 aromatic heterocycles. The summed E-state index contributed by atoms with van der Waals surface area (Å²) in [6.07, 6.45) is 0.856. The molecule has 0 N–H and O–H groups in total. The first-order chi connectivity index (χ1) is 13.8. The highest BCUT2D eigenvalue weighted by Gasteiger charge is 2.43. The predicted molar refractivity (Wildman–Crippen MR) is 110 cm³/mol. The first-order valence-electron chi connectivity index (χ1n) is 9.34. The number of anilines is 2. The summed E-state index contributed by atoms with van der Waals surface area (Å²) in [4.78, 5) is 30.2. The van der Waals surface area contributed by atoms with Crippen LogP contribution in [-0.4, -0.2) is 18.4 Å². The molecular weight excluding hydrogens is 348 g/mol. The van der Waals surface area contributed by atoms with Crippen molar-refractivity contribution in [3.63, 3.8) is 0 Å². The molecule has 3 aromatic rings. The molecule has 28 heavy (non-hydrogen) atoms. The molecule has 0 bridgehead atoms. The van der Waals surface area contributed by atoms with Crippen LogP contribution in [0.2, 0.25) is 0 Å². The minimum Gasteiger partial charge on any atom is -0.336 e. The quantitative estimate of drug-likeness (QED) is 0.657. The van der Waals surface area contributed by atoms with Crippen molar-refractivity contribution in [2.45, 2.75) is 6.42 Å². The van der Waals surface area contributed by atoms with Crippen molar-refractivity contribution in [3.8, 4) is 0 Å². The van der Waals surface area contributed by atoms with Crippen molar-refractivity contribution in [2.24, 2.45) is 0 Å². The second-order valence-electron chi connectivity index (χ2n) is 6.90. The lowest BCUT2D eigenvalue weighted by Gasteiger charge is -2.21. The van der Waals surface area contributed by atoms with Gasteiger partial charge in [-0.3, -0.25) is 9.59 Å². The second-order valence-corrected chi connectivity index (χ2v) is 6.90. The maximum Gasteiger partial charge on any atom is 0.282 e. The van der Waals surface area contributed by atoms with Gasteiger partial charge in [-0.15, -0.1) is 0 Å². The standard InChI is InChI=1S/C24H18N2O2/c27-23-21(18-10-3-1-4-11-18)22(24(28)26(23)19-12-5-2-6-13-19)25-16-15-17-9-7-8-14-20(17)25/h1-14H,15-16H2. The fourth-order valence-corrected chi connectivity index (χ4v) is 4.02. The number of fused-ring (bicyclic) bond motifs is 1. The first-order valence-corrected chi connectivity index (χ1v) is 9.34. The summed E-state index contributed by atoms with van der Waals surface area (Å²) in [6.45, 7) is 0.687. The van der Waals surface area contributed by atoms with Crippen molar-refractivity contribution in [1.29, 1.82) is 0 Å². The molecular formula is C24H18N2O2. The Morgan fingerprint density at radius 3 is 2.07 bits per heavy atom. The Kier molecular flexibility index (Phi) is 3.83. The summed E-state index contributed by atoms with van der Waals surface area (Å²) in [7, 11) is 0. The third-order valence-electron chi connectivity index (χ3n) is 5.29. The van der Waals surface area contributed by atoms with E-state index in [9.17, 15) is 9.59 Å². The Morgan fingerprint density at radius 1 is 0.679 bits per heavy atom. The molecule has 0 saturated carbocycles. The number of para-hydroxylation sites is 2. The summed E-state index contributed by atoms with van der Waals surface area (Å²) >= 11 is 0. The molecule has 4 nitrogen and oxygen atoms in total. The average Bonchev–Trinajstić information content (AvgIpc) is 3.27. The zero-order valence-electron chi connectivity index (χ0n) is 15.2. The van der Waals surface area contributed by atoms with E-state index in [0.717, 1.165) is 17.7 Å². The van der Waals surface area contributed by atoms with Crippen LogP contribution in [0.4, 0.5) is 11.4 Å². The van der Waals surface area contributed by atoms with Gasteiger partial charge in [0.15, 0.2) is 0 Å². The van der Waals surface area contributed by atoms with Crippen molar-refractivity contribution in [1.82, 2.24) is 0 Å². The minimum absolute atomic E-state index is 0.272. The van der Waals surface area contributed by atoms with Crippen molar-refractivity contribution >= 4 is 28.8 Å². The molecule has 0 spiro atoms. The van der Waals surface area contributed by atoms with Crippen LogP contribution >= 0.6 is 0 Å². The van der Waals surface area contributed by atoms with E-state index in [0.29, 0.717) is 23.5 Å². The van der Waals surface area contributed by atoms with E-state index < -0.39 is 0 Å². The second kappa shape index (κ2) is 6.50. The maximum absolute atomic E-state index is 13.5.